The van der Waals surface area contributed by atoms with Gasteiger partial charge in [-0.25, -0.2) is 4.79 Å². The first kappa shape index (κ1) is 16.1. The molecule has 0 saturated heterocycles. The topological polar surface area (TPSA) is 68.5 Å². The highest BCUT2D eigenvalue weighted by Gasteiger charge is 2.18. The van der Waals surface area contributed by atoms with Crippen LogP contribution < -0.4 is 15.7 Å². The van der Waals surface area contributed by atoms with Crippen molar-refractivity contribution in [1.29, 1.82) is 0 Å². The van der Waals surface area contributed by atoms with Crippen molar-refractivity contribution in [2.24, 2.45) is 0 Å². The van der Waals surface area contributed by atoms with Crippen molar-refractivity contribution in [3.63, 3.8) is 0 Å². The van der Waals surface area contributed by atoms with Crippen molar-refractivity contribution in [2.75, 3.05) is 7.11 Å². The summed E-state index contributed by atoms with van der Waals surface area (Å²) < 4.78 is 10.8. The summed E-state index contributed by atoms with van der Waals surface area (Å²) in [5.41, 5.74) is 2.04. The minimum absolute atomic E-state index is 0.000677. The lowest BCUT2D eigenvalue weighted by atomic mass is 10.0. The zero-order valence-electron chi connectivity index (χ0n) is 13.6. The first-order valence-corrected chi connectivity index (χ1v) is 7.23. The molecule has 0 spiro atoms. The van der Waals surface area contributed by atoms with E-state index < -0.39 is 5.63 Å². The standard InChI is InChI=1S/C17H21NO4/c1-9(2)18-15(19)8-12-11(4)16-13(21-5)6-10(3)7-14(16)22-17(12)20/h6-7,9H,8H2,1-5H3,(H,18,19). The third-order valence-corrected chi connectivity index (χ3v) is 3.49. The van der Waals surface area contributed by atoms with Gasteiger partial charge in [-0.3, -0.25) is 4.79 Å². The van der Waals surface area contributed by atoms with Gasteiger partial charge in [0.1, 0.15) is 11.3 Å². The fraction of sp³-hybridized carbons (Fsp3) is 0.412. The highest BCUT2D eigenvalue weighted by Crippen LogP contribution is 2.30. The summed E-state index contributed by atoms with van der Waals surface area (Å²) in [6, 6.07) is 3.70. The SMILES string of the molecule is COc1cc(C)cc2oc(=O)c(CC(=O)NC(C)C)c(C)c12. The lowest BCUT2D eigenvalue weighted by Crippen LogP contribution is -2.33. The molecule has 0 aliphatic carbocycles. The largest absolute Gasteiger partial charge is 0.496 e. The van der Waals surface area contributed by atoms with Gasteiger partial charge in [-0.15, -0.1) is 0 Å². The van der Waals surface area contributed by atoms with Crippen LogP contribution in [0.1, 0.15) is 30.5 Å². The predicted octanol–water partition coefficient (Wildman–Crippen LogP) is 2.49. The van der Waals surface area contributed by atoms with Crippen molar-refractivity contribution in [2.45, 2.75) is 40.2 Å². The maximum atomic E-state index is 12.2. The van der Waals surface area contributed by atoms with E-state index in [9.17, 15) is 9.59 Å². The van der Waals surface area contributed by atoms with Crippen LogP contribution in [0.4, 0.5) is 0 Å². The van der Waals surface area contributed by atoms with E-state index in [1.54, 1.807) is 13.2 Å². The van der Waals surface area contributed by atoms with E-state index in [1.165, 1.54) is 0 Å². The second-order valence-corrected chi connectivity index (χ2v) is 5.73. The molecule has 0 bridgehead atoms. The molecule has 5 nitrogen and oxygen atoms in total. The second kappa shape index (κ2) is 6.22. The van der Waals surface area contributed by atoms with Crippen molar-refractivity contribution >= 4 is 16.9 Å². The summed E-state index contributed by atoms with van der Waals surface area (Å²) in [6.45, 7) is 7.47. The Morgan fingerprint density at radius 1 is 1.32 bits per heavy atom. The Bertz CT molecular complexity index is 774. The van der Waals surface area contributed by atoms with Crippen molar-refractivity contribution in [3.8, 4) is 5.75 Å². The molecule has 0 saturated carbocycles. The molecule has 0 aliphatic heterocycles. The van der Waals surface area contributed by atoms with Crippen molar-refractivity contribution in [3.05, 3.63) is 39.2 Å². The van der Waals surface area contributed by atoms with Gasteiger partial charge in [0.25, 0.3) is 0 Å². The molecule has 0 atom stereocenters. The molecule has 1 N–H and O–H groups in total. The maximum absolute atomic E-state index is 12.2. The Morgan fingerprint density at radius 2 is 2.00 bits per heavy atom. The number of amides is 1. The zero-order valence-corrected chi connectivity index (χ0v) is 13.6. The van der Waals surface area contributed by atoms with E-state index >= 15 is 0 Å². The van der Waals surface area contributed by atoms with Crippen LogP contribution in [0.15, 0.2) is 21.3 Å². The number of ether oxygens (including phenoxy) is 1. The molecule has 0 unspecified atom stereocenters. The first-order chi connectivity index (χ1) is 10.3. The number of benzene rings is 1. The highest BCUT2D eigenvalue weighted by atomic mass is 16.5. The van der Waals surface area contributed by atoms with E-state index in [1.807, 2.05) is 33.8 Å². The number of carbonyl (C=O) groups excluding carboxylic acids is 1. The van der Waals surface area contributed by atoms with Crippen molar-refractivity contribution in [1.82, 2.24) is 5.32 Å². The first-order valence-electron chi connectivity index (χ1n) is 7.23. The van der Waals surface area contributed by atoms with Crippen LogP contribution in [-0.2, 0) is 11.2 Å². The fourth-order valence-corrected chi connectivity index (χ4v) is 2.54. The smallest absolute Gasteiger partial charge is 0.340 e. The molecule has 0 aliphatic rings. The summed E-state index contributed by atoms with van der Waals surface area (Å²) in [7, 11) is 1.57. The van der Waals surface area contributed by atoms with Crippen LogP contribution in [0.5, 0.6) is 5.75 Å². The van der Waals surface area contributed by atoms with Crippen LogP contribution >= 0.6 is 0 Å². The lowest BCUT2D eigenvalue weighted by molar-refractivity contribution is -0.120. The zero-order chi connectivity index (χ0) is 16.4. The molecular weight excluding hydrogens is 282 g/mol. The average molecular weight is 303 g/mol. The molecule has 1 amide bonds. The van der Waals surface area contributed by atoms with Gasteiger partial charge in [0, 0.05) is 6.04 Å². The molecule has 1 aromatic heterocycles. The Hall–Kier alpha value is -2.30. The molecule has 118 valence electrons. The molecule has 0 radical (unpaired) electrons. The van der Waals surface area contributed by atoms with Gasteiger partial charge >= 0.3 is 5.63 Å². The second-order valence-electron chi connectivity index (χ2n) is 5.73. The average Bonchev–Trinajstić information content (AvgIpc) is 2.41. The number of hydrogen-bond acceptors (Lipinski definition) is 4. The quantitative estimate of drug-likeness (QED) is 0.881. The van der Waals surface area contributed by atoms with Crippen LogP contribution in [-0.4, -0.2) is 19.1 Å². The Labute approximate surface area is 129 Å². The molecule has 2 rings (SSSR count). The molecule has 1 heterocycles. The van der Waals surface area contributed by atoms with Crippen LogP contribution in [0.25, 0.3) is 11.0 Å². The summed E-state index contributed by atoms with van der Waals surface area (Å²) >= 11 is 0. The summed E-state index contributed by atoms with van der Waals surface area (Å²) in [4.78, 5) is 24.1. The Kier molecular flexibility index (Phi) is 4.54. The van der Waals surface area contributed by atoms with E-state index in [4.69, 9.17) is 9.15 Å². The van der Waals surface area contributed by atoms with E-state index in [2.05, 4.69) is 5.32 Å². The molecule has 22 heavy (non-hydrogen) atoms. The number of hydrogen-bond donors (Lipinski definition) is 1. The fourth-order valence-electron chi connectivity index (χ4n) is 2.54. The number of fused-ring (bicyclic) bond motifs is 1. The van der Waals surface area contributed by atoms with Gasteiger partial charge in [-0.05, 0) is 51.0 Å². The summed E-state index contributed by atoms with van der Waals surface area (Å²) in [5.74, 6) is 0.442. The summed E-state index contributed by atoms with van der Waals surface area (Å²) in [5, 5.41) is 3.52. The molecular formula is C17H21NO4. The number of carbonyl (C=O) groups is 1. The third-order valence-electron chi connectivity index (χ3n) is 3.49. The number of nitrogens with one attached hydrogen (secondary N) is 1. The van der Waals surface area contributed by atoms with Gasteiger partial charge in [-0.1, -0.05) is 0 Å². The van der Waals surface area contributed by atoms with Crippen LogP contribution in [0.2, 0.25) is 0 Å². The molecule has 0 fully saturated rings. The van der Waals surface area contributed by atoms with Crippen LogP contribution in [0, 0.1) is 13.8 Å². The number of rotatable bonds is 4. The van der Waals surface area contributed by atoms with E-state index in [0.29, 0.717) is 16.9 Å². The molecule has 2 aromatic rings. The van der Waals surface area contributed by atoms with Gasteiger partial charge in [0.2, 0.25) is 5.91 Å². The number of aryl methyl sites for hydroxylation is 2. The van der Waals surface area contributed by atoms with Gasteiger partial charge in [0.15, 0.2) is 0 Å². The molecule has 5 heteroatoms. The third kappa shape index (κ3) is 3.13. The highest BCUT2D eigenvalue weighted by molar-refractivity contribution is 5.89. The lowest BCUT2D eigenvalue weighted by Gasteiger charge is -2.13. The monoisotopic (exact) mass is 303 g/mol. The predicted molar refractivity (Wildman–Crippen MR) is 85.5 cm³/mol. The van der Waals surface area contributed by atoms with E-state index in [0.717, 1.165) is 16.5 Å². The maximum Gasteiger partial charge on any atom is 0.340 e. The minimum atomic E-state index is -0.475. The molecule has 1 aromatic carbocycles. The Morgan fingerprint density at radius 3 is 2.59 bits per heavy atom. The van der Waals surface area contributed by atoms with Gasteiger partial charge < -0.3 is 14.5 Å². The van der Waals surface area contributed by atoms with E-state index in [-0.39, 0.29) is 18.4 Å². The van der Waals surface area contributed by atoms with Gasteiger partial charge in [-0.2, -0.15) is 0 Å². The Balaban J connectivity index is 2.59. The minimum Gasteiger partial charge on any atom is -0.496 e. The van der Waals surface area contributed by atoms with Crippen LogP contribution in [0.3, 0.4) is 0 Å². The van der Waals surface area contributed by atoms with Gasteiger partial charge in [0.05, 0.1) is 24.5 Å². The normalized spacial score (nSPS) is 11.0. The number of methoxy groups -OCH3 is 1. The van der Waals surface area contributed by atoms with Crippen molar-refractivity contribution < 1.29 is 13.9 Å². The summed E-state index contributed by atoms with van der Waals surface area (Å²) in [6.07, 6.45) is -0.000677.